The number of thioether (sulfide) groups is 1. The van der Waals surface area contributed by atoms with Crippen LogP contribution in [0, 0.1) is 6.92 Å². The van der Waals surface area contributed by atoms with E-state index in [1.165, 1.54) is 4.68 Å². The van der Waals surface area contributed by atoms with Crippen LogP contribution in [-0.2, 0) is 4.79 Å². The zero-order valence-electron chi connectivity index (χ0n) is 19.5. The number of para-hydroxylation sites is 1. The number of aromatic nitrogens is 5. The summed E-state index contributed by atoms with van der Waals surface area (Å²) in [5.41, 5.74) is 2.17. The number of hydrogen-bond acceptors (Lipinski definition) is 5. The van der Waals surface area contributed by atoms with Crippen LogP contribution in [0.4, 0.5) is 5.69 Å². The number of nitrogens with one attached hydrogen (secondary N) is 1. The molecule has 8 nitrogen and oxygen atoms in total. The number of anilines is 1. The first kappa shape index (κ1) is 22.7. The normalized spacial score (nSPS) is 12.1. The molecule has 0 radical (unpaired) electrons. The molecule has 5 aromatic rings. The van der Waals surface area contributed by atoms with Gasteiger partial charge in [0.1, 0.15) is 16.9 Å². The molecule has 0 aliphatic heterocycles. The average molecular weight is 485 g/mol. The highest BCUT2D eigenvalue weighted by Gasteiger charge is 2.25. The first-order valence-corrected chi connectivity index (χ1v) is 12.4. The molecule has 0 bridgehead atoms. The van der Waals surface area contributed by atoms with Gasteiger partial charge in [0.05, 0.1) is 11.4 Å². The number of hydrogen-bond donors (Lipinski definition) is 1. The largest absolute Gasteiger partial charge is 0.324 e. The minimum atomic E-state index is -0.832. The zero-order chi connectivity index (χ0) is 24.5. The van der Waals surface area contributed by atoms with Gasteiger partial charge < -0.3 is 9.88 Å². The van der Waals surface area contributed by atoms with E-state index in [2.05, 4.69) is 10.4 Å². The summed E-state index contributed by atoms with van der Waals surface area (Å²) in [7, 11) is 0. The number of benzene rings is 2. The molecule has 3 aromatic heterocycles. The number of amides is 1. The number of carbonyl (C=O) groups is 1. The lowest BCUT2D eigenvalue weighted by molar-refractivity contribution is -0.119. The van der Waals surface area contributed by atoms with Crippen molar-refractivity contribution < 1.29 is 4.79 Å². The molecular formula is C26H24N6O2S. The molecule has 9 heteroatoms. The molecule has 3 heterocycles. The Morgan fingerprint density at radius 1 is 1.00 bits per heavy atom. The van der Waals surface area contributed by atoms with Crippen LogP contribution in [0.1, 0.15) is 18.7 Å². The molecule has 0 saturated carbocycles. The van der Waals surface area contributed by atoms with Gasteiger partial charge in [0.25, 0.3) is 5.56 Å². The van der Waals surface area contributed by atoms with E-state index in [4.69, 9.17) is 5.10 Å². The van der Waals surface area contributed by atoms with E-state index in [1.54, 1.807) is 30.3 Å². The van der Waals surface area contributed by atoms with Crippen molar-refractivity contribution in [3.8, 4) is 11.5 Å². The number of rotatable bonds is 6. The summed E-state index contributed by atoms with van der Waals surface area (Å²) in [6, 6.07) is 20.1. The second-order valence-corrected chi connectivity index (χ2v) is 9.00. The molecule has 35 heavy (non-hydrogen) atoms. The fourth-order valence-electron chi connectivity index (χ4n) is 4.01. The summed E-state index contributed by atoms with van der Waals surface area (Å²) in [5.74, 6) is 0.273. The highest BCUT2D eigenvalue weighted by Crippen LogP contribution is 2.25. The molecule has 5 rings (SSSR count). The van der Waals surface area contributed by atoms with Crippen molar-refractivity contribution in [3.63, 3.8) is 0 Å². The third-order valence-electron chi connectivity index (χ3n) is 5.82. The molecular weight excluding hydrogens is 460 g/mol. The fraction of sp³-hybridized carbons (Fsp3) is 0.154. The maximum absolute atomic E-state index is 13.8. The molecule has 0 saturated heterocycles. The molecule has 0 aliphatic carbocycles. The standard InChI is InChI=1S/C26H24N6O2S/c1-17-23-22(25(30-14-7-8-15-30)32(29-23)20-11-5-4-6-12-20)26(34)31(28-17)18(2)24(33)27-19-10-9-13-21(16-19)35-3/h4-16,18H,1-3H3,(H,27,33). The van der Waals surface area contributed by atoms with Crippen molar-refractivity contribution in [2.45, 2.75) is 24.8 Å². The Labute approximate surface area is 206 Å². The smallest absolute Gasteiger partial charge is 0.280 e. The Balaban J connectivity index is 1.64. The molecule has 1 amide bonds. The van der Waals surface area contributed by atoms with Gasteiger partial charge in [-0.3, -0.25) is 9.59 Å². The molecule has 1 atom stereocenters. The minimum absolute atomic E-state index is 0.324. The van der Waals surface area contributed by atoms with Gasteiger partial charge >= 0.3 is 0 Å². The first-order chi connectivity index (χ1) is 17.0. The van der Waals surface area contributed by atoms with Gasteiger partial charge in [-0.15, -0.1) is 11.8 Å². The highest BCUT2D eigenvalue weighted by atomic mass is 32.2. The Kier molecular flexibility index (Phi) is 6.00. The van der Waals surface area contributed by atoms with Gasteiger partial charge in [0.2, 0.25) is 5.91 Å². The number of fused-ring (bicyclic) bond motifs is 1. The molecule has 176 valence electrons. The average Bonchev–Trinajstić information content (AvgIpc) is 3.55. The van der Waals surface area contributed by atoms with Crippen LogP contribution in [-0.4, -0.2) is 36.3 Å². The van der Waals surface area contributed by atoms with E-state index >= 15 is 0 Å². The molecule has 1 N–H and O–H groups in total. The van der Waals surface area contributed by atoms with Crippen molar-refractivity contribution >= 4 is 34.3 Å². The monoisotopic (exact) mass is 484 g/mol. The molecule has 0 fully saturated rings. The SMILES string of the molecule is CSc1cccc(NC(=O)C(C)n2nc(C)c3nn(-c4ccccc4)c(-n4cccc4)c3c2=O)c1. The zero-order valence-corrected chi connectivity index (χ0v) is 20.4. The van der Waals surface area contributed by atoms with E-state index in [-0.39, 0.29) is 11.5 Å². The third kappa shape index (κ3) is 4.15. The summed E-state index contributed by atoms with van der Waals surface area (Å²) in [4.78, 5) is 27.9. The van der Waals surface area contributed by atoms with Gasteiger partial charge in [-0.25, -0.2) is 9.36 Å². The summed E-state index contributed by atoms with van der Waals surface area (Å²) < 4.78 is 4.84. The lowest BCUT2D eigenvalue weighted by Gasteiger charge is -2.15. The fourth-order valence-corrected chi connectivity index (χ4v) is 4.47. The van der Waals surface area contributed by atoms with Crippen molar-refractivity contribution in [1.82, 2.24) is 24.1 Å². The topological polar surface area (TPSA) is 86.7 Å². The van der Waals surface area contributed by atoms with Gasteiger partial charge in [-0.05, 0) is 62.6 Å². The van der Waals surface area contributed by atoms with Crippen LogP contribution in [0.15, 0.2) is 88.8 Å². The third-order valence-corrected chi connectivity index (χ3v) is 6.54. The van der Waals surface area contributed by atoms with Crippen LogP contribution in [0.25, 0.3) is 22.4 Å². The van der Waals surface area contributed by atoms with Gasteiger partial charge in [-0.1, -0.05) is 24.3 Å². The van der Waals surface area contributed by atoms with Crippen molar-refractivity contribution in [2.24, 2.45) is 0 Å². The predicted octanol–water partition coefficient (Wildman–Crippen LogP) is 4.60. The number of nitrogens with zero attached hydrogens (tertiary/aromatic N) is 5. The maximum Gasteiger partial charge on any atom is 0.280 e. The van der Waals surface area contributed by atoms with E-state index in [0.717, 1.165) is 10.6 Å². The first-order valence-electron chi connectivity index (χ1n) is 11.1. The second kappa shape index (κ2) is 9.27. The van der Waals surface area contributed by atoms with Crippen LogP contribution in [0.5, 0.6) is 0 Å². The highest BCUT2D eigenvalue weighted by molar-refractivity contribution is 7.98. The second-order valence-electron chi connectivity index (χ2n) is 8.12. The summed E-state index contributed by atoms with van der Waals surface area (Å²) in [6.45, 7) is 3.47. The van der Waals surface area contributed by atoms with Crippen LogP contribution >= 0.6 is 11.8 Å². The van der Waals surface area contributed by atoms with Gasteiger partial charge in [-0.2, -0.15) is 10.2 Å². The van der Waals surface area contributed by atoms with E-state index in [9.17, 15) is 9.59 Å². The minimum Gasteiger partial charge on any atom is -0.324 e. The lowest BCUT2D eigenvalue weighted by atomic mass is 10.2. The number of aryl methyl sites for hydroxylation is 1. The predicted molar refractivity (Wildman–Crippen MR) is 139 cm³/mol. The van der Waals surface area contributed by atoms with Crippen molar-refractivity contribution in [1.29, 1.82) is 0 Å². The van der Waals surface area contributed by atoms with E-state index < -0.39 is 6.04 Å². The molecule has 0 spiro atoms. The van der Waals surface area contributed by atoms with E-state index in [0.29, 0.717) is 28.1 Å². The molecule has 1 unspecified atom stereocenters. The van der Waals surface area contributed by atoms with Crippen LogP contribution in [0.2, 0.25) is 0 Å². The summed E-state index contributed by atoms with van der Waals surface area (Å²) in [6.07, 6.45) is 5.71. The molecule has 2 aromatic carbocycles. The van der Waals surface area contributed by atoms with Crippen molar-refractivity contribution in [2.75, 3.05) is 11.6 Å². The van der Waals surface area contributed by atoms with Gasteiger partial charge in [0, 0.05) is 23.0 Å². The van der Waals surface area contributed by atoms with Crippen LogP contribution in [0.3, 0.4) is 0 Å². The van der Waals surface area contributed by atoms with Crippen LogP contribution < -0.4 is 10.9 Å². The Morgan fingerprint density at radius 2 is 1.74 bits per heavy atom. The molecule has 0 aliphatic rings. The lowest BCUT2D eigenvalue weighted by Crippen LogP contribution is -2.34. The quantitative estimate of drug-likeness (QED) is 0.356. The summed E-state index contributed by atoms with van der Waals surface area (Å²) >= 11 is 1.59. The Bertz CT molecular complexity index is 1570. The Morgan fingerprint density at radius 3 is 2.46 bits per heavy atom. The van der Waals surface area contributed by atoms with Gasteiger partial charge in [0.15, 0.2) is 5.82 Å². The number of carbonyl (C=O) groups excluding carboxylic acids is 1. The Hall–Kier alpha value is -4.11. The van der Waals surface area contributed by atoms with Crippen molar-refractivity contribution in [3.05, 3.63) is 95.2 Å². The summed E-state index contributed by atoms with van der Waals surface area (Å²) in [5, 5.41) is 12.5. The van der Waals surface area contributed by atoms with E-state index in [1.807, 2.05) is 89.9 Å². The maximum atomic E-state index is 13.8.